The van der Waals surface area contributed by atoms with Gasteiger partial charge in [-0.15, -0.1) is 0 Å². The third-order valence-electron chi connectivity index (χ3n) is 2.90. The molecule has 0 saturated carbocycles. The summed E-state index contributed by atoms with van der Waals surface area (Å²) in [6.07, 6.45) is 0. The Bertz CT molecular complexity index is 671. The second-order valence-corrected chi connectivity index (χ2v) is 4.92. The quantitative estimate of drug-likeness (QED) is 0.679. The maximum Gasteiger partial charge on any atom is 0.340 e. The van der Waals surface area contributed by atoms with Gasteiger partial charge in [0.25, 0.3) is 0 Å². The van der Waals surface area contributed by atoms with Crippen LogP contribution in [0.5, 0.6) is 11.5 Å². The zero-order valence-corrected chi connectivity index (χ0v) is 12.6. The van der Waals surface area contributed by atoms with Crippen molar-refractivity contribution in [3.63, 3.8) is 0 Å². The number of carbonyl (C=O) groups is 1. The summed E-state index contributed by atoms with van der Waals surface area (Å²) in [5, 5.41) is 0.580. The average molecular weight is 306 g/mol. The molecule has 0 bridgehead atoms. The van der Waals surface area contributed by atoms with Crippen LogP contribution in [0, 0.1) is 6.92 Å². The fourth-order valence-electron chi connectivity index (χ4n) is 1.80. The van der Waals surface area contributed by atoms with Crippen molar-refractivity contribution in [3.05, 3.63) is 52.5 Å². The van der Waals surface area contributed by atoms with Crippen LogP contribution in [0.15, 0.2) is 36.4 Å². The predicted octanol–water partition coefficient (Wildman–Crippen LogP) is 4.20. The van der Waals surface area contributed by atoms with Gasteiger partial charge < -0.3 is 15.2 Å². The van der Waals surface area contributed by atoms with Gasteiger partial charge in [0.2, 0.25) is 0 Å². The minimum Gasteiger partial charge on any atom is -0.462 e. The number of rotatable bonds is 4. The molecule has 0 spiro atoms. The monoisotopic (exact) mass is 305 g/mol. The van der Waals surface area contributed by atoms with E-state index in [1.165, 1.54) is 0 Å². The van der Waals surface area contributed by atoms with Crippen LogP contribution in [-0.2, 0) is 4.74 Å². The number of hydrogen-bond acceptors (Lipinski definition) is 4. The van der Waals surface area contributed by atoms with E-state index in [0.717, 1.165) is 5.56 Å². The topological polar surface area (TPSA) is 61.5 Å². The van der Waals surface area contributed by atoms with Crippen molar-refractivity contribution in [2.75, 3.05) is 12.3 Å². The van der Waals surface area contributed by atoms with Crippen LogP contribution in [0.25, 0.3) is 0 Å². The summed E-state index contributed by atoms with van der Waals surface area (Å²) in [7, 11) is 0. The molecule has 21 heavy (non-hydrogen) atoms. The number of esters is 1. The van der Waals surface area contributed by atoms with Crippen LogP contribution >= 0.6 is 11.6 Å². The second kappa shape index (κ2) is 6.50. The van der Waals surface area contributed by atoms with Crippen molar-refractivity contribution in [2.45, 2.75) is 13.8 Å². The lowest BCUT2D eigenvalue weighted by Crippen LogP contribution is -2.08. The van der Waals surface area contributed by atoms with Gasteiger partial charge in [0.05, 0.1) is 12.2 Å². The van der Waals surface area contributed by atoms with Gasteiger partial charge >= 0.3 is 5.97 Å². The summed E-state index contributed by atoms with van der Waals surface area (Å²) in [4.78, 5) is 11.8. The highest BCUT2D eigenvalue weighted by molar-refractivity contribution is 6.30. The van der Waals surface area contributed by atoms with Gasteiger partial charge in [0.1, 0.15) is 11.5 Å². The third-order valence-corrected chi connectivity index (χ3v) is 3.13. The van der Waals surface area contributed by atoms with E-state index in [-0.39, 0.29) is 12.2 Å². The standard InChI is InChI=1S/C16H16ClNO3/c1-3-20-16(19)13-9-12(6-7-14(13)18)21-15-8-11(17)5-4-10(15)2/h4-9H,3,18H2,1-2H3. The van der Waals surface area contributed by atoms with Crippen LogP contribution in [0.2, 0.25) is 5.02 Å². The second-order valence-electron chi connectivity index (χ2n) is 4.48. The van der Waals surface area contributed by atoms with Crippen molar-refractivity contribution >= 4 is 23.3 Å². The highest BCUT2D eigenvalue weighted by atomic mass is 35.5. The van der Waals surface area contributed by atoms with Crippen LogP contribution < -0.4 is 10.5 Å². The first-order valence-electron chi connectivity index (χ1n) is 6.52. The maximum atomic E-state index is 11.8. The fraction of sp³-hybridized carbons (Fsp3) is 0.188. The molecule has 2 aromatic rings. The number of anilines is 1. The molecule has 0 aliphatic rings. The van der Waals surface area contributed by atoms with Crippen LogP contribution in [0.4, 0.5) is 5.69 Å². The average Bonchev–Trinajstić information content (AvgIpc) is 2.45. The van der Waals surface area contributed by atoms with Crippen molar-refractivity contribution in [3.8, 4) is 11.5 Å². The molecule has 0 heterocycles. The number of aryl methyl sites for hydroxylation is 1. The first kappa shape index (κ1) is 15.2. The van der Waals surface area contributed by atoms with E-state index >= 15 is 0 Å². The van der Waals surface area contributed by atoms with Gasteiger partial charge in [0.15, 0.2) is 0 Å². The zero-order chi connectivity index (χ0) is 15.4. The third kappa shape index (κ3) is 3.67. The number of benzene rings is 2. The van der Waals surface area contributed by atoms with Crippen LogP contribution in [0.1, 0.15) is 22.8 Å². The van der Waals surface area contributed by atoms with E-state index in [1.807, 2.05) is 13.0 Å². The van der Waals surface area contributed by atoms with Crippen molar-refractivity contribution in [1.29, 1.82) is 0 Å². The molecule has 0 aromatic heterocycles. The molecule has 0 aliphatic heterocycles. The van der Waals surface area contributed by atoms with E-state index in [9.17, 15) is 4.79 Å². The molecule has 0 saturated heterocycles. The molecule has 0 atom stereocenters. The Morgan fingerprint density at radius 1 is 1.24 bits per heavy atom. The predicted molar refractivity (Wildman–Crippen MR) is 83.1 cm³/mol. The van der Waals surface area contributed by atoms with Crippen LogP contribution in [0.3, 0.4) is 0 Å². The lowest BCUT2D eigenvalue weighted by atomic mass is 10.1. The van der Waals surface area contributed by atoms with Gasteiger partial charge in [-0.2, -0.15) is 0 Å². The van der Waals surface area contributed by atoms with Gasteiger partial charge in [-0.05, 0) is 49.7 Å². The summed E-state index contributed by atoms with van der Waals surface area (Å²) in [6, 6.07) is 10.2. The van der Waals surface area contributed by atoms with E-state index in [2.05, 4.69) is 0 Å². The maximum absolute atomic E-state index is 11.8. The fourth-order valence-corrected chi connectivity index (χ4v) is 1.96. The number of halogens is 1. The number of carbonyl (C=O) groups excluding carboxylic acids is 1. The molecule has 110 valence electrons. The van der Waals surface area contributed by atoms with Gasteiger partial charge in [0, 0.05) is 10.7 Å². The molecule has 4 nitrogen and oxygen atoms in total. The van der Waals surface area contributed by atoms with Gasteiger partial charge in [-0.1, -0.05) is 17.7 Å². The molecule has 2 N–H and O–H groups in total. The highest BCUT2D eigenvalue weighted by Crippen LogP contribution is 2.29. The first-order chi connectivity index (χ1) is 10.0. The Morgan fingerprint density at radius 2 is 2.00 bits per heavy atom. The lowest BCUT2D eigenvalue weighted by Gasteiger charge is -2.11. The first-order valence-corrected chi connectivity index (χ1v) is 6.89. The number of hydrogen-bond donors (Lipinski definition) is 1. The highest BCUT2D eigenvalue weighted by Gasteiger charge is 2.13. The van der Waals surface area contributed by atoms with E-state index in [1.54, 1.807) is 37.3 Å². The van der Waals surface area contributed by atoms with Crippen molar-refractivity contribution in [2.24, 2.45) is 0 Å². The molecule has 5 heteroatoms. The molecular weight excluding hydrogens is 290 g/mol. The summed E-state index contributed by atoms with van der Waals surface area (Å²) >= 11 is 5.96. The molecule has 0 radical (unpaired) electrons. The Balaban J connectivity index is 2.31. The Morgan fingerprint density at radius 3 is 2.71 bits per heavy atom. The Labute approximate surface area is 128 Å². The Hall–Kier alpha value is -2.20. The Kier molecular flexibility index (Phi) is 4.70. The summed E-state index contributed by atoms with van der Waals surface area (Å²) in [5.74, 6) is 0.656. The molecule has 0 amide bonds. The van der Waals surface area contributed by atoms with Crippen LogP contribution in [-0.4, -0.2) is 12.6 Å². The molecule has 0 aliphatic carbocycles. The SMILES string of the molecule is CCOC(=O)c1cc(Oc2cc(Cl)ccc2C)ccc1N. The number of nitrogen functional groups attached to an aromatic ring is 1. The molecule has 2 aromatic carbocycles. The van der Waals surface area contributed by atoms with E-state index in [4.69, 9.17) is 26.8 Å². The summed E-state index contributed by atoms with van der Waals surface area (Å²) < 4.78 is 10.7. The number of nitrogens with two attached hydrogens (primary N) is 1. The zero-order valence-electron chi connectivity index (χ0n) is 11.9. The molecular formula is C16H16ClNO3. The molecule has 0 unspecified atom stereocenters. The lowest BCUT2D eigenvalue weighted by molar-refractivity contribution is 0.0527. The van der Waals surface area contributed by atoms with E-state index < -0.39 is 5.97 Å². The summed E-state index contributed by atoms with van der Waals surface area (Å²) in [5.41, 5.74) is 7.37. The normalized spacial score (nSPS) is 10.2. The van der Waals surface area contributed by atoms with E-state index in [0.29, 0.717) is 22.2 Å². The largest absolute Gasteiger partial charge is 0.462 e. The van der Waals surface area contributed by atoms with Crippen molar-refractivity contribution < 1.29 is 14.3 Å². The summed E-state index contributed by atoms with van der Waals surface area (Å²) in [6.45, 7) is 3.94. The van der Waals surface area contributed by atoms with Gasteiger partial charge in [-0.25, -0.2) is 4.79 Å². The smallest absolute Gasteiger partial charge is 0.340 e. The minimum absolute atomic E-state index is 0.286. The minimum atomic E-state index is -0.469. The number of ether oxygens (including phenoxy) is 2. The molecule has 0 fully saturated rings. The molecule has 2 rings (SSSR count). The van der Waals surface area contributed by atoms with Crippen molar-refractivity contribution in [1.82, 2.24) is 0 Å². The van der Waals surface area contributed by atoms with Gasteiger partial charge in [-0.3, -0.25) is 0 Å².